The lowest BCUT2D eigenvalue weighted by Gasteiger charge is -2.27. The fraction of sp³-hybridized carbons (Fsp3) is 0.600. The maximum atomic E-state index is 5.26. The van der Waals surface area contributed by atoms with Crippen molar-refractivity contribution in [3.05, 3.63) is 24.3 Å². The molecule has 1 heterocycles. The Balaban J connectivity index is 1.84. The van der Waals surface area contributed by atoms with Crippen LogP contribution >= 0.6 is 0 Å². The lowest BCUT2D eigenvalue weighted by atomic mass is 10.0. The average Bonchev–Trinajstić information content (AvgIpc) is 2.46. The molecular weight excluding hydrogens is 224 g/mol. The normalized spacial score (nSPS) is 19.6. The Morgan fingerprint density at radius 1 is 1.39 bits per heavy atom. The Morgan fingerprint density at radius 2 is 2.28 bits per heavy atom. The van der Waals surface area contributed by atoms with Crippen molar-refractivity contribution >= 4 is 5.69 Å². The maximum absolute atomic E-state index is 5.26. The SMILES string of the molecule is COc1cccc(N(C)CCC2CCCCN2)c1. The van der Waals surface area contributed by atoms with Crippen molar-refractivity contribution in [3.63, 3.8) is 0 Å². The van der Waals surface area contributed by atoms with E-state index in [4.69, 9.17) is 4.74 Å². The van der Waals surface area contributed by atoms with Gasteiger partial charge in [-0.2, -0.15) is 0 Å². The summed E-state index contributed by atoms with van der Waals surface area (Å²) in [5.74, 6) is 0.926. The van der Waals surface area contributed by atoms with Crippen LogP contribution in [0.15, 0.2) is 24.3 Å². The van der Waals surface area contributed by atoms with E-state index in [1.54, 1.807) is 7.11 Å². The molecule has 3 heteroatoms. The van der Waals surface area contributed by atoms with Crippen molar-refractivity contribution in [2.24, 2.45) is 0 Å². The number of nitrogens with zero attached hydrogens (tertiary/aromatic N) is 1. The van der Waals surface area contributed by atoms with Crippen LogP contribution < -0.4 is 15.0 Å². The molecule has 1 saturated heterocycles. The summed E-state index contributed by atoms with van der Waals surface area (Å²) in [5.41, 5.74) is 1.23. The largest absolute Gasteiger partial charge is 0.497 e. The van der Waals surface area contributed by atoms with Gasteiger partial charge < -0.3 is 15.0 Å². The zero-order chi connectivity index (χ0) is 12.8. The standard InChI is InChI=1S/C15H24N2O/c1-17(11-9-13-6-3-4-10-16-13)14-7-5-8-15(12-14)18-2/h5,7-8,12-13,16H,3-4,6,9-11H2,1-2H3. The lowest BCUT2D eigenvalue weighted by molar-refractivity contribution is 0.384. The van der Waals surface area contributed by atoms with Crippen LogP contribution in [0.3, 0.4) is 0 Å². The third kappa shape index (κ3) is 3.64. The van der Waals surface area contributed by atoms with Gasteiger partial charge in [0.15, 0.2) is 0 Å². The first-order chi connectivity index (χ1) is 8.79. The van der Waals surface area contributed by atoms with Crippen LogP contribution in [0, 0.1) is 0 Å². The van der Waals surface area contributed by atoms with Gasteiger partial charge in [-0.15, -0.1) is 0 Å². The number of benzene rings is 1. The molecule has 0 spiro atoms. The minimum Gasteiger partial charge on any atom is -0.497 e. The van der Waals surface area contributed by atoms with Crippen LogP contribution in [-0.2, 0) is 0 Å². The molecule has 1 aliphatic rings. The molecule has 0 aromatic heterocycles. The highest BCUT2D eigenvalue weighted by molar-refractivity contribution is 5.50. The van der Waals surface area contributed by atoms with E-state index < -0.39 is 0 Å². The minimum atomic E-state index is 0.701. The number of anilines is 1. The summed E-state index contributed by atoms with van der Waals surface area (Å²) in [7, 11) is 3.86. The minimum absolute atomic E-state index is 0.701. The van der Waals surface area contributed by atoms with Crippen molar-refractivity contribution in [3.8, 4) is 5.75 Å². The van der Waals surface area contributed by atoms with Gasteiger partial charge in [0.25, 0.3) is 0 Å². The van der Waals surface area contributed by atoms with Gasteiger partial charge >= 0.3 is 0 Å². The zero-order valence-corrected chi connectivity index (χ0v) is 11.5. The topological polar surface area (TPSA) is 24.5 Å². The molecule has 2 rings (SSSR count). The molecule has 1 unspecified atom stereocenters. The molecule has 0 radical (unpaired) electrons. The van der Waals surface area contributed by atoms with Crippen molar-refractivity contribution in [2.45, 2.75) is 31.7 Å². The fourth-order valence-corrected chi connectivity index (χ4v) is 2.50. The first-order valence-electron chi connectivity index (χ1n) is 6.88. The molecular formula is C15H24N2O. The summed E-state index contributed by atoms with van der Waals surface area (Å²) >= 11 is 0. The first kappa shape index (κ1) is 13.2. The van der Waals surface area contributed by atoms with E-state index in [-0.39, 0.29) is 0 Å². The van der Waals surface area contributed by atoms with Crippen LogP contribution in [0.25, 0.3) is 0 Å². The number of methoxy groups -OCH3 is 1. The number of nitrogens with one attached hydrogen (secondary N) is 1. The number of hydrogen-bond donors (Lipinski definition) is 1. The van der Waals surface area contributed by atoms with Gasteiger partial charge in [-0.25, -0.2) is 0 Å². The van der Waals surface area contributed by atoms with Gasteiger partial charge in [0, 0.05) is 31.4 Å². The van der Waals surface area contributed by atoms with E-state index in [1.807, 2.05) is 12.1 Å². The molecule has 1 atom stereocenters. The smallest absolute Gasteiger partial charge is 0.120 e. The quantitative estimate of drug-likeness (QED) is 0.867. The summed E-state index contributed by atoms with van der Waals surface area (Å²) < 4.78 is 5.26. The van der Waals surface area contributed by atoms with E-state index >= 15 is 0 Å². The summed E-state index contributed by atoms with van der Waals surface area (Å²) in [6.45, 7) is 2.28. The van der Waals surface area contributed by atoms with Crippen LogP contribution in [-0.4, -0.2) is 33.3 Å². The number of piperidine rings is 1. The Morgan fingerprint density at radius 3 is 3.00 bits per heavy atom. The number of rotatable bonds is 5. The number of ether oxygens (including phenoxy) is 1. The summed E-state index contributed by atoms with van der Waals surface area (Å²) in [6.07, 6.45) is 5.25. The van der Waals surface area contributed by atoms with Crippen molar-refractivity contribution in [2.75, 3.05) is 32.1 Å². The van der Waals surface area contributed by atoms with Crippen molar-refractivity contribution in [1.29, 1.82) is 0 Å². The van der Waals surface area contributed by atoms with Crippen LogP contribution in [0.2, 0.25) is 0 Å². The van der Waals surface area contributed by atoms with E-state index in [1.165, 1.54) is 37.9 Å². The highest BCUT2D eigenvalue weighted by atomic mass is 16.5. The summed E-state index contributed by atoms with van der Waals surface area (Å²) in [5, 5.41) is 3.60. The van der Waals surface area contributed by atoms with Gasteiger partial charge in [-0.3, -0.25) is 0 Å². The molecule has 1 aliphatic heterocycles. The molecule has 0 amide bonds. The highest BCUT2D eigenvalue weighted by Gasteiger charge is 2.13. The Kier molecular flexibility index (Phi) is 4.88. The van der Waals surface area contributed by atoms with E-state index in [0.717, 1.165) is 12.3 Å². The van der Waals surface area contributed by atoms with Gasteiger partial charge in [-0.05, 0) is 37.9 Å². The van der Waals surface area contributed by atoms with E-state index in [2.05, 4.69) is 29.4 Å². The maximum Gasteiger partial charge on any atom is 0.120 e. The van der Waals surface area contributed by atoms with Crippen LogP contribution in [0.4, 0.5) is 5.69 Å². The second-order valence-corrected chi connectivity index (χ2v) is 5.06. The second-order valence-electron chi connectivity index (χ2n) is 5.06. The Hall–Kier alpha value is -1.22. The molecule has 1 aromatic rings. The second kappa shape index (κ2) is 6.64. The van der Waals surface area contributed by atoms with Gasteiger partial charge in [-0.1, -0.05) is 12.5 Å². The average molecular weight is 248 g/mol. The van der Waals surface area contributed by atoms with Crippen molar-refractivity contribution < 1.29 is 4.74 Å². The third-order valence-electron chi connectivity index (χ3n) is 3.72. The van der Waals surface area contributed by atoms with Crippen LogP contribution in [0.1, 0.15) is 25.7 Å². The Bertz CT molecular complexity index is 361. The lowest BCUT2D eigenvalue weighted by Crippen LogP contribution is -2.36. The molecule has 100 valence electrons. The predicted octanol–water partition coefficient (Wildman–Crippen LogP) is 2.66. The molecule has 0 aliphatic carbocycles. The molecule has 0 saturated carbocycles. The number of hydrogen-bond acceptors (Lipinski definition) is 3. The first-order valence-corrected chi connectivity index (χ1v) is 6.88. The molecule has 1 aromatic carbocycles. The Labute approximate surface area is 110 Å². The summed E-state index contributed by atoms with van der Waals surface area (Å²) in [6, 6.07) is 8.96. The molecule has 0 bridgehead atoms. The van der Waals surface area contributed by atoms with Gasteiger partial charge in [0.05, 0.1) is 7.11 Å². The monoisotopic (exact) mass is 248 g/mol. The summed E-state index contributed by atoms with van der Waals surface area (Å²) in [4.78, 5) is 2.30. The third-order valence-corrected chi connectivity index (χ3v) is 3.72. The van der Waals surface area contributed by atoms with Gasteiger partial charge in [0.1, 0.15) is 5.75 Å². The van der Waals surface area contributed by atoms with Gasteiger partial charge in [0.2, 0.25) is 0 Å². The van der Waals surface area contributed by atoms with E-state index in [9.17, 15) is 0 Å². The zero-order valence-electron chi connectivity index (χ0n) is 11.5. The van der Waals surface area contributed by atoms with Crippen LogP contribution in [0.5, 0.6) is 5.75 Å². The van der Waals surface area contributed by atoms with Crippen molar-refractivity contribution in [1.82, 2.24) is 5.32 Å². The van der Waals surface area contributed by atoms with E-state index in [0.29, 0.717) is 6.04 Å². The fourth-order valence-electron chi connectivity index (χ4n) is 2.50. The molecule has 3 nitrogen and oxygen atoms in total. The highest BCUT2D eigenvalue weighted by Crippen LogP contribution is 2.20. The molecule has 1 N–H and O–H groups in total. The predicted molar refractivity (Wildman–Crippen MR) is 76.5 cm³/mol. The molecule has 18 heavy (non-hydrogen) atoms. The molecule has 1 fully saturated rings.